The lowest BCUT2D eigenvalue weighted by Gasteiger charge is -2.10. The van der Waals surface area contributed by atoms with Crippen LogP contribution in [0.15, 0.2) is 90.0 Å². The lowest BCUT2D eigenvalue weighted by atomic mass is 9.95. The quantitative estimate of drug-likeness (QED) is 0.217. The Balaban J connectivity index is 1.50. The molecule has 0 spiro atoms. The van der Waals surface area contributed by atoms with Crippen molar-refractivity contribution < 1.29 is 9.59 Å². The third-order valence-electron chi connectivity index (χ3n) is 5.67. The monoisotopic (exact) mass is 469 g/mol. The molecule has 170 valence electrons. The highest BCUT2D eigenvalue weighted by atomic mass is 35.5. The van der Waals surface area contributed by atoms with Gasteiger partial charge in [-0.15, -0.1) is 0 Å². The van der Waals surface area contributed by atoms with Gasteiger partial charge in [0.15, 0.2) is 0 Å². The molecule has 0 aliphatic heterocycles. The van der Waals surface area contributed by atoms with E-state index in [2.05, 4.69) is 40.1 Å². The van der Waals surface area contributed by atoms with Gasteiger partial charge in [0, 0.05) is 16.3 Å². The highest BCUT2D eigenvalue weighted by Gasteiger charge is 2.15. The van der Waals surface area contributed by atoms with Crippen LogP contribution in [0.2, 0.25) is 5.02 Å². The molecule has 0 bridgehead atoms. The molecule has 6 heteroatoms. The van der Waals surface area contributed by atoms with Crippen LogP contribution in [0.4, 0.5) is 5.69 Å². The van der Waals surface area contributed by atoms with E-state index in [1.165, 1.54) is 5.56 Å². The first kappa shape index (κ1) is 23.2. The molecule has 4 rings (SSSR count). The molecular weight excluding hydrogens is 446 g/mol. The predicted molar refractivity (Wildman–Crippen MR) is 138 cm³/mol. The van der Waals surface area contributed by atoms with Crippen LogP contribution in [-0.2, 0) is 22.4 Å². The molecule has 0 unspecified atom stereocenters. The first-order valence-electron chi connectivity index (χ1n) is 11.0. The van der Waals surface area contributed by atoms with E-state index in [1.807, 2.05) is 42.5 Å². The summed E-state index contributed by atoms with van der Waals surface area (Å²) in [6.07, 6.45) is 3.31. The number of halogens is 1. The van der Waals surface area contributed by atoms with Crippen molar-refractivity contribution in [3.8, 4) is 0 Å². The molecule has 34 heavy (non-hydrogen) atoms. The van der Waals surface area contributed by atoms with Gasteiger partial charge in [0.1, 0.15) is 0 Å². The van der Waals surface area contributed by atoms with Crippen molar-refractivity contribution in [1.29, 1.82) is 0 Å². The number of carbonyl (C=O) groups excluding carboxylic acids is 2. The van der Waals surface area contributed by atoms with Crippen molar-refractivity contribution >= 4 is 46.1 Å². The van der Waals surface area contributed by atoms with Crippen LogP contribution in [0.25, 0.3) is 10.8 Å². The van der Waals surface area contributed by atoms with Gasteiger partial charge in [-0.2, -0.15) is 5.10 Å². The zero-order valence-corrected chi connectivity index (χ0v) is 19.5. The molecule has 5 nitrogen and oxygen atoms in total. The first-order chi connectivity index (χ1) is 16.5. The number of hydrogen-bond acceptors (Lipinski definition) is 3. The molecule has 0 atom stereocenters. The fraction of sp³-hybridized carbons (Fsp3) is 0.107. The van der Waals surface area contributed by atoms with E-state index in [1.54, 1.807) is 31.3 Å². The minimum Gasteiger partial charge on any atom is -0.317 e. The Kier molecular flexibility index (Phi) is 7.35. The summed E-state index contributed by atoms with van der Waals surface area (Å²) < 4.78 is 0. The largest absolute Gasteiger partial charge is 0.329 e. The number of hydrazone groups is 1. The molecule has 0 aliphatic rings. The van der Waals surface area contributed by atoms with Crippen LogP contribution in [0.3, 0.4) is 0 Å². The van der Waals surface area contributed by atoms with E-state index in [4.69, 9.17) is 11.6 Å². The van der Waals surface area contributed by atoms with Gasteiger partial charge in [-0.1, -0.05) is 84.4 Å². The van der Waals surface area contributed by atoms with Crippen LogP contribution >= 0.6 is 11.6 Å². The van der Waals surface area contributed by atoms with Crippen molar-refractivity contribution in [2.75, 3.05) is 5.32 Å². The molecule has 0 aliphatic carbocycles. The second kappa shape index (κ2) is 10.8. The Morgan fingerprint density at radius 2 is 1.62 bits per heavy atom. The van der Waals surface area contributed by atoms with Gasteiger partial charge in [-0.25, -0.2) is 5.43 Å². The summed E-state index contributed by atoms with van der Waals surface area (Å²) in [7, 11) is 0. The molecule has 4 aromatic rings. The summed E-state index contributed by atoms with van der Waals surface area (Å²) in [5, 5.41) is 9.29. The minimum absolute atomic E-state index is 0.480. The average Bonchev–Trinajstić information content (AvgIpc) is 2.86. The van der Waals surface area contributed by atoms with Gasteiger partial charge < -0.3 is 5.32 Å². The van der Waals surface area contributed by atoms with Crippen molar-refractivity contribution in [3.05, 3.63) is 112 Å². The second-order valence-electron chi connectivity index (χ2n) is 7.91. The molecular formula is C28H24ClN3O2. The van der Waals surface area contributed by atoms with Crippen LogP contribution in [-0.4, -0.2) is 18.0 Å². The third kappa shape index (κ3) is 5.50. The number of fused-ring (bicyclic) bond motifs is 1. The van der Waals surface area contributed by atoms with E-state index in [0.29, 0.717) is 16.3 Å². The number of aryl methyl sites for hydroxylation is 2. The molecule has 4 aromatic carbocycles. The molecule has 2 N–H and O–H groups in total. The number of nitrogens with zero attached hydrogens (tertiary/aromatic N) is 1. The van der Waals surface area contributed by atoms with Crippen LogP contribution < -0.4 is 10.7 Å². The van der Waals surface area contributed by atoms with Crippen LogP contribution in [0.1, 0.15) is 22.3 Å². The number of rotatable bonds is 6. The smallest absolute Gasteiger partial charge is 0.317 e. The summed E-state index contributed by atoms with van der Waals surface area (Å²) in [6, 6.07) is 27.6. The van der Waals surface area contributed by atoms with Gasteiger partial charge in [-0.3, -0.25) is 9.59 Å². The van der Waals surface area contributed by atoms with Crippen molar-refractivity contribution in [2.45, 2.75) is 19.8 Å². The summed E-state index contributed by atoms with van der Waals surface area (Å²) in [6.45, 7) is 1.77. The van der Waals surface area contributed by atoms with E-state index >= 15 is 0 Å². The SMILES string of the molecule is Cc1c(Cl)cccc1NC(=O)C(=O)N/N=C/c1c(CCc2ccccc2)ccc2ccccc12. The number of nitrogens with one attached hydrogen (secondary N) is 2. The Labute approximate surface area is 203 Å². The second-order valence-corrected chi connectivity index (χ2v) is 8.32. The fourth-order valence-electron chi connectivity index (χ4n) is 3.76. The number of benzene rings is 4. The maximum Gasteiger partial charge on any atom is 0.329 e. The molecule has 0 radical (unpaired) electrons. The number of amides is 2. The predicted octanol–water partition coefficient (Wildman–Crippen LogP) is 5.68. The van der Waals surface area contributed by atoms with Crippen molar-refractivity contribution in [3.63, 3.8) is 0 Å². The molecule has 0 heterocycles. The lowest BCUT2D eigenvalue weighted by molar-refractivity contribution is -0.136. The average molecular weight is 470 g/mol. The lowest BCUT2D eigenvalue weighted by Crippen LogP contribution is -2.32. The van der Waals surface area contributed by atoms with E-state index in [9.17, 15) is 9.59 Å². The molecule has 0 fully saturated rings. The maximum atomic E-state index is 12.3. The van der Waals surface area contributed by atoms with Gasteiger partial charge in [-0.05, 0) is 59.4 Å². The minimum atomic E-state index is -0.860. The maximum absolute atomic E-state index is 12.3. The van der Waals surface area contributed by atoms with Gasteiger partial charge in [0.2, 0.25) is 0 Å². The molecule has 0 saturated carbocycles. The Hall–Kier alpha value is -3.96. The normalized spacial score (nSPS) is 11.0. The number of hydrogen-bond donors (Lipinski definition) is 2. The number of carbonyl (C=O) groups is 2. The summed E-state index contributed by atoms with van der Waals surface area (Å²) in [5.41, 5.74) is 6.78. The zero-order chi connectivity index (χ0) is 23.9. The van der Waals surface area contributed by atoms with Gasteiger partial charge in [0.25, 0.3) is 0 Å². The van der Waals surface area contributed by atoms with Crippen molar-refractivity contribution in [1.82, 2.24) is 5.43 Å². The zero-order valence-electron chi connectivity index (χ0n) is 18.7. The Morgan fingerprint density at radius 1 is 0.853 bits per heavy atom. The summed E-state index contributed by atoms with van der Waals surface area (Å²) >= 11 is 6.08. The van der Waals surface area contributed by atoms with Crippen LogP contribution in [0, 0.1) is 6.92 Å². The third-order valence-corrected chi connectivity index (χ3v) is 6.08. The highest BCUT2D eigenvalue weighted by Crippen LogP contribution is 2.24. The first-order valence-corrected chi connectivity index (χ1v) is 11.3. The van der Waals surface area contributed by atoms with E-state index < -0.39 is 11.8 Å². The van der Waals surface area contributed by atoms with Gasteiger partial charge in [0.05, 0.1) is 6.21 Å². The summed E-state index contributed by atoms with van der Waals surface area (Å²) in [4.78, 5) is 24.6. The van der Waals surface area contributed by atoms with E-state index in [-0.39, 0.29) is 0 Å². The Bertz CT molecular complexity index is 1370. The Morgan fingerprint density at radius 3 is 2.44 bits per heavy atom. The summed E-state index contributed by atoms with van der Waals surface area (Å²) in [5.74, 6) is -1.67. The highest BCUT2D eigenvalue weighted by molar-refractivity contribution is 6.40. The van der Waals surface area contributed by atoms with Crippen LogP contribution in [0.5, 0.6) is 0 Å². The molecule has 0 aromatic heterocycles. The van der Waals surface area contributed by atoms with Gasteiger partial charge >= 0.3 is 11.8 Å². The topological polar surface area (TPSA) is 70.6 Å². The van der Waals surface area contributed by atoms with Crippen molar-refractivity contribution in [2.24, 2.45) is 5.10 Å². The number of anilines is 1. The molecule has 0 saturated heterocycles. The van der Waals surface area contributed by atoms with E-state index in [0.717, 1.165) is 34.7 Å². The fourth-order valence-corrected chi connectivity index (χ4v) is 3.94. The molecule has 2 amide bonds. The standard InChI is InChI=1S/C28H24ClN3O2/c1-19-25(29)12-7-13-26(19)31-27(33)28(34)32-30-18-24-22(15-14-20-8-3-2-4-9-20)17-16-21-10-5-6-11-23(21)24/h2-13,16-18H,14-15H2,1H3,(H,31,33)(H,32,34)/b30-18+.